The summed E-state index contributed by atoms with van der Waals surface area (Å²) in [5, 5.41) is 9.78. The maximum absolute atomic E-state index is 11.4. The number of esters is 1. The maximum atomic E-state index is 11.4. The molecule has 0 aliphatic carbocycles. The first-order chi connectivity index (χ1) is 8.37. The van der Waals surface area contributed by atoms with Crippen molar-refractivity contribution in [1.29, 1.82) is 0 Å². The van der Waals surface area contributed by atoms with E-state index in [-0.39, 0.29) is 5.69 Å². The second-order valence-electron chi connectivity index (χ2n) is 4.56. The Morgan fingerprint density at radius 1 is 1.56 bits per heavy atom. The second kappa shape index (κ2) is 5.86. The van der Waals surface area contributed by atoms with E-state index in [1.165, 1.54) is 6.26 Å². The van der Waals surface area contributed by atoms with Crippen molar-refractivity contribution in [2.24, 2.45) is 0 Å². The van der Waals surface area contributed by atoms with E-state index in [1.54, 1.807) is 25.7 Å². The Hall–Kier alpha value is -1.56. The van der Waals surface area contributed by atoms with Crippen LogP contribution in [0.15, 0.2) is 10.7 Å². The van der Waals surface area contributed by atoms with E-state index < -0.39 is 11.6 Å². The fourth-order valence-corrected chi connectivity index (χ4v) is 1.49. The van der Waals surface area contributed by atoms with Crippen LogP contribution in [0.2, 0.25) is 0 Å². The molecule has 0 bridgehead atoms. The Kier molecular flexibility index (Phi) is 4.72. The lowest BCUT2D eigenvalue weighted by Gasteiger charge is -2.26. The number of hydrogen-bond donors (Lipinski definition) is 1. The van der Waals surface area contributed by atoms with Crippen LogP contribution in [-0.4, -0.2) is 41.4 Å². The number of likely N-dealkylation sites (N-methyl/N-ethyl adjacent to an activating group) is 1. The Bertz CT molecular complexity index is 395. The monoisotopic (exact) mass is 256 g/mol. The molecule has 1 aromatic heterocycles. The molecule has 102 valence electrons. The first-order valence-electron chi connectivity index (χ1n) is 5.97. The van der Waals surface area contributed by atoms with Gasteiger partial charge in [-0.3, -0.25) is 0 Å². The lowest BCUT2D eigenvalue weighted by Crippen LogP contribution is -2.38. The molecule has 0 radical (unpaired) electrons. The summed E-state index contributed by atoms with van der Waals surface area (Å²) in [7, 11) is 0. The highest BCUT2D eigenvalue weighted by Crippen LogP contribution is 2.17. The summed E-state index contributed by atoms with van der Waals surface area (Å²) in [4.78, 5) is 17.3. The van der Waals surface area contributed by atoms with Crippen LogP contribution in [-0.2, 0) is 4.74 Å². The number of carbonyl (C=O) groups is 1. The van der Waals surface area contributed by atoms with Crippen LogP contribution in [0.5, 0.6) is 0 Å². The quantitative estimate of drug-likeness (QED) is 0.776. The van der Waals surface area contributed by atoms with Crippen molar-refractivity contribution < 1.29 is 19.1 Å². The fraction of sp³-hybridized carbons (Fsp3) is 0.667. The summed E-state index contributed by atoms with van der Waals surface area (Å²) in [6.45, 7) is 8.32. The number of ether oxygens (including phenoxy) is 1. The zero-order valence-electron chi connectivity index (χ0n) is 11.3. The van der Waals surface area contributed by atoms with Gasteiger partial charge in [0.25, 0.3) is 6.01 Å². The summed E-state index contributed by atoms with van der Waals surface area (Å²) in [6.07, 6.45) is 1.26. The molecule has 0 aliphatic heterocycles. The molecule has 1 rings (SSSR count). The Morgan fingerprint density at radius 2 is 2.22 bits per heavy atom. The summed E-state index contributed by atoms with van der Waals surface area (Å²) < 4.78 is 10.1. The lowest BCUT2D eigenvalue weighted by atomic mass is 10.1. The van der Waals surface area contributed by atoms with Gasteiger partial charge in [-0.2, -0.15) is 4.98 Å². The topological polar surface area (TPSA) is 75.8 Å². The Morgan fingerprint density at radius 3 is 2.72 bits per heavy atom. The van der Waals surface area contributed by atoms with Crippen molar-refractivity contribution in [2.75, 3.05) is 24.6 Å². The molecular weight excluding hydrogens is 236 g/mol. The number of hydrogen-bond acceptors (Lipinski definition) is 6. The van der Waals surface area contributed by atoms with Gasteiger partial charge in [-0.1, -0.05) is 0 Å². The third-order valence-electron chi connectivity index (χ3n) is 2.21. The van der Waals surface area contributed by atoms with Crippen LogP contribution in [0.1, 0.15) is 38.2 Å². The van der Waals surface area contributed by atoms with Crippen LogP contribution >= 0.6 is 0 Å². The molecule has 0 aromatic carbocycles. The normalized spacial score (nSPS) is 11.4. The first-order valence-corrected chi connectivity index (χ1v) is 5.97. The molecule has 0 unspecified atom stereocenters. The van der Waals surface area contributed by atoms with Crippen molar-refractivity contribution in [3.05, 3.63) is 12.0 Å². The number of carbonyl (C=O) groups excluding carboxylic acids is 1. The second-order valence-corrected chi connectivity index (χ2v) is 4.56. The van der Waals surface area contributed by atoms with Crippen LogP contribution in [0, 0.1) is 0 Å². The van der Waals surface area contributed by atoms with Gasteiger partial charge in [0.05, 0.1) is 18.8 Å². The standard InChI is InChI=1S/C12H20N2O4/c1-5-14(8-12(3,4)16)11-13-9(7-18-11)10(15)17-6-2/h7,16H,5-6,8H2,1-4H3. The molecule has 6 nitrogen and oxygen atoms in total. The van der Waals surface area contributed by atoms with Crippen molar-refractivity contribution in [1.82, 2.24) is 4.98 Å². The third-order valence-corrected chi connectivity index (χ3v) is 2.21. The largest absolute Gasteiger partial charge is 0.461 e. The molecule has 6 heteroatoms. The SMILES string of the molecule is CCOC(=O)c1coc(N(CC)CC(C)(C)O)n1. The number of rotatable bonds is 6. The minimum absolute atomic E-state index is 0.140. The molecule has 0 atom stereocenters. The zero-order chi connectivity index (χ0) is 13.8. The predicted octanol–water partition coefficient (Wildman–Crippen LogP) is 1.45. The average molecular weight is 256 g/mol. The van der Waals surface area contributed by atoms with Crippen LogP contribution in [0.3, 0.4) is 0 Å². The van der Waals surface area contributed by atoms with Crippen LogP contribution in [0.25, 0.3) is 0 Å². The lowest BCUT2D eigenvalue weighted by molar-refractivity contribution is 0.0519. The first kappa shape index (κ1) is 14.5. The van der Waals surface area contributed by atoms with E-state index in [0.29, 0.717) is 25.7 Å². The minimum Gasteiger partial charge on any atom is -0.461 e. The number of oxazole rings is 1. The van der Waals surface area contributed by atoms with Gasteiger partial charge in [-0.25, -0.2) is 4.79 Å². The van der Waals surface area contributed by atoms with Gasteiger partial charge in [0, 0.05) is 6.54 Å². The fourth-order valence-electron chi connectivity index (χ4n) is 1.49. The molecule has 18 heavy (non-hydrogen) atoms. The van der Waals surface area contributed by atoms with Gasteiger partial charge in [0.1, 0.15) is 6.26 Å². The van der Waals surface area contributed by atoms with Gasteiger partial charge >= 0.3 is 5.97 Å². The Balaban J connectivity index is 2.79. The average Bonchev–Trinajstić information content (AvgIpc) is 2.74. The number of anilines is 1. The summed E-state index contributed by atoms with van der Waals surface area (Å²) in [5.41, 5.74) is -0.727. The molecule has 0 aliphatic rings. The molecule has 1 N–H and O–H groups in total. The molecule has 0 spiro atoms. The highest BCUT2D eigenvalue weighted by molar-refractivity contribution is 5.87. The number of aromatic nitrogens is 1. The molecule has 1 heterocycles. The summed E-state index contributed by atoms with van der Waals surface area (Å²) >= 11 is 0. The van der Waals surface area contributed by atoms with E-state index >= 15 is 0 Å². The van der Waals surface area contributed by atoms with E-state index in [4.69, 9.17) is 9.15 Å². The van der Waals surface area contributed by atoms with Crippen molar-refractivity contribution in [3.63, 3.8) is 0 Å². The van der Waals surface area contributed by atoms with Crippen LogP contribution in [0.4, 0.5) is 6.01 Å². The molecule has 0 amide bonds. The molecule has 0 saturated heterocycles. The van der Waals surface area contributed by atoms with E-state index in [9.17, 15) is 9.90 Å². The summed E-state index contributed by atoms with van der Waals surface area (Å²) in [5.74, 6) is -0.508. The van der Waals surface area contributed by atoms with Gasteiger partial charge in [0.2, 0.25) is 0 Å². The minimum atomic E-state index is -0.866. The molecular formula is C12H20N2O4. The van der Waals surface area contributed by atoms with Crippen molar-refractivity contribution in [2.45, 2.75) is 33.3 Å². The van der Waals surface area contributed by atoms with Gasteiger partial charge in [-0.05, 0) is 27.7 Å². The maximum Gasteiger partial charge on any atom is 0.360 e. The number of nitrogens with zero attached hydrogens (tertiary/aromatic N) is 2. The van der Waals surface area contributed by atoms with Gasteiger partial charge in [-0.15, -0.1) is 0 Å². The van der Waals surface area contributed by atoms with Crippen molar-refractivity contribution in [3.8, 4) is 0 Å². The molecule has 1 aromatic rings. The molecule has 0 saturated carbocycles. The third kappa shape index (κ3) is 4.03. The van der Waals surface area contributed by atoms with E-state index in [2.05, 4.69) is 4.98 Å². The van der Waals surface area contributed by atoms with E-state index in [0.717, 1.165) is 0 Å². The Labute approximate surface area is 107 Å². The molecule has 0 fully saturated rings. The van der Waals surface area contributed by atoms with E-state index in [1.807, 2.05) is 6.92 Å². The van der Waals surface area contributed by atoms with Gasteiger partial charge in [0.15, 0.2) is 5.69 Å². The predicted molar refractivity (Wildman–Crippen MR) is 66.6 cm³/mol. The highest BCUT2D eigenvalue weighted by Gasteiger charge is 2.22. The smallest absolute Gasteiger partial charge is 0.360 e. The summed E-state index contributed by atoms with van der Waals surface area (Å²) in [6, 6.07) is 0.308. The number of aliphatic hydroxyl groups is 1. The van der Waals surface area contributed by atoms with Gasteiger partial charge < -0.3 is 19.2 Å². The zero-order valence-corrected chi connectivity index (χ0v) is 11.3. The van der Waals surface area contributed by atoms with Crippen LogP contribution < -0.4 is 4.90 Å². The van der Waals surface area contributed by atoms with Crippen molar-refractivity contribution >= 4 is 12.0 Å². The highest BCUT2D eigenvalue weighted by atomic mass is 16.5.